The van der Waals surface area contributed by atoms with E-state index in [9.17, 15) is 13.6 Å². The van der Waals surface area contributed by atoms with Crippen LogP contribution in [0.1, 0.15) is 20.9 Å². The molecule has 0 aliphatic heterocycles. The first-order valence-electron chi connectivity index (χ1n) is 6.01. The number of para-hydroxylation sites is 1. The van der Waals surface area contributed by atoms with Crippen LogP contribution in [-0.2, 0) is 6.54 Å². The fourth-order valence-corrected chi connectivity index (χ4v) is 2.49. The number of amides is 1. The molecule has 0 radical (unpaired) electrons. The average Bonchev–Trinajstić information content (AvgIpc) is 2.76. The number of aryl methyl sites for hydroxylation is 1. The molecule has 1 aromatic carbocycles. The molecule has 21 heavy (non-hydrogen) atoms. The highest BCUT2D eigenvalue weighted by Crippen LogP contribution is 2.22. The molecule has 2 rings (SSSR count). The van der Waals surface area contributed by atoms with Gasteiger partial charge in [0.2, 0.25) is 0 Å². The number of nitrogens with two attached hydrogens (primary N) is 1. The second-order valence-corrected chi connectivity index (χ2v) is 5.17. The molecule has 112 valence electrons. The number of rotatable bonds is 5. The minimum absolute atomic E-state index is 0.0355. The van der Waals surface area contributed by atoms with Crippen molar-refractivity contribution in [1.82, 2.24) is 10.3 Å². The molecule has 0 atom stereocenters. The number of hydrogen-bond acceptors (Lipinski definition) is 5. The third kappa shape index (κ3) is 3.88. The Morgan fingerprint density at radius 1 is 1.48 bits per heavy atom. The summed E-state index contributed by atoms with van der Waals surface area (Å²) in [6, 6.07) is 6.28. The largest absolute Gasteiger partial charge is 0.434 e. The van der Waals surface area contributed by atoms with Crippen molar-refractivity contribution >= 4 is 22.4 Å². The van der Waals surface area contributed by atoms with Gasteiger partial charge in [-0.1, -0.05) is 29.5 Å². The van der Waals surface area contributed by atoms with E-state index < -0.39 is 6.61 Å². The van der Waals surface area contributed by atoms with Gasteiger partial charge in [-0.2, -0.15) is 8.78 Å². The first-order chi connectivity index (χ1) is 9.97. The summed E-state index contributed by atoms with van der Waals surface area (Å²) >= 11 is 1.08. The fourth-order valence-electron chi connectivity index (χ4n) is 1.74. The van der Waals surface area contributed by atoms with Crippen molar-refractivity contribution < 1.29 is 18.3 Å². The molecular formula is C13H13F2N3O2S. The maximum absolute atomic E-state index is 12.3. The van der Waals surface area contributed by atoms with E-state index in [2.05, 4.69) is 15.0 Å². The lowest BCUT2D eigenvalue weighted by atomic mass is 10.2. The van der Waals surface area contributed by atoms with Crippen LogP contribution in [0.25, 0.3) is 0 Å². The van der Waals surface area contributed by atoms with E-state index in [0.29, 0.717) is 21.3 Å². The predicted octanol–water partition coefficient (Wildman–Crippen LogP) is 2.57. The molecule has 0 saturated carbocycles. The van der Waals surface area contributed by atoms with Crippen LogP contribution in [0, 0.1) is 6.92 Å². The van der Waals surface area contributed by atoms with Crippen molar-refractivity contribution in [2.45, 2.75) is 20.1 Å². The topological polar surface area (TPSA) is 77.2 Å². The minimum Gasteiger partial charge on any atom is -0.434 e. The zero-order valence-electron chi connectivity index (χ0n) is 11.1. The van der Waals surface area contributed by atoms with Crippen LogP contribution in [0.4, 0.5) is 13.9 Å². The molecule has 5 nitrogen and oxygen atoms in total. The lowest BCUT2D eigenvalue weighted by molar-refractivity contribution is -0.0504. The Bertz CT molecular complexity index is 646. The van der Waals surface area contributed by atoms with Gasteiger partial charge in [0.15, 0.2) is 5.13 Å². The van der Waals surface area contributed by atoms with Gasteiger partial charge < -0.3 is 15.8 Å². The number of hydrogen-bond donors (Lipinski definition) is 2. The van der Waals surface area contributed by atoms with E-state index >= 15 is 0 Å². The third-order valence-electron chi connectivity index (χ3n) is 2.65. The molecule has 8 heteroatoms. The van der Waals surface area contributed by atoms with Crippen molar-refractivity contribution in [2.24, 2.45) is 0 Å². The second kappa shape index (κ2) is 6.49. The normalized spacial score (nSPS) is 10.7. The summed E-state index contributed by atoms with van der Waals surface area (Å²) < 4.78 is 29.0. The van der Waals surface area contributed by atoms with E-state index in [1.165, 1.54) is 6.07 Å². The fraction of sp³-hybridized carbons (Fsp3) is 0.231. The number of nitrogens with zero attached hydrogens (tertiary/aromatic N) is 1. The van der Waals surface area contributed by atoms with Crippen LogP contribution in [0.3, 0.4) is 0 Å². The van der Waals surface area contributed by atoms with Gasteiger partial charge in [-0.15, -0.1) is 0 Å². The Hall–Kier alpha value is -2.22. The Balaban J connectivity index is 2.06. The van der Waals surface area contributed by atoms with Crippen molar-refractivity contribution in [3.05, 3.63) is 40.4 Å². The van der Waals surface area contributed by atoms with Gasteiger partial charge in [0.25, 0.3) is 5.91 Å². The number of nitrogens with one attached hydrogen (secondary N) is 1. The van der Waals surface area contributed by atoms with Gasteiger partial charge >= 0.3 is 6.61 Å². The lowest BCUT2D eigenvalue weighted by Crippen LogP contribution is -2.23. The number of benzene rings is 1. The number of halogens is 2. The number of ether oxygens (including phenoxy) is 1. The maximum atomic E-state index is 12.3. The van der Waals surface area contributed by atoms with Gasteiger partial charge in [0, 0.05) is 12.1 Å². The molecule has 0 aliphatic rings. The van der Waals surface area contributed by atoms with Crippen LogP contribution in [0.5, 0.6) is 5.75 Å². The zero-order chi connectivity index (χ0) is 15.4. The van der Waals surface area contributed by atoms with Crippen LogP contribution >= 0.6 is 11.3 Å². The summed E-state index contributed by atoms with van der Waals surface area (Å²) in [5, 5.41) is 2.94. The standard InChI is InChI=1S/C13H13F2N3O2S/c1-7-10(21-13(16)18-7)11(19)17-6-8-4-2-3-5-9(8)20-12(14)15/h2-5,12H,6H2,1H3,(H2,16,18)(H,17,19). The molecule has 0 bridgehead atoms. The van der Waals surface area contributed by atoms with Crippen molar-refractivity contribution in [2.75, 3.05) is 5.73 Å². The number of thiazole rings is 1. The number of carbonyl (C=O) groups excluding carboxylic acids is 1. The molecule has 1 aromatic heterocycles. The van der Waals surface area contributed by atoms with Crippen LogP contribution in [0.2, 0.25) is 0 Å². The quantitative estimate of drug-likeness (QED) is 0.889. The van der Waals surface area contributed by atoms with Crippen LogP contribution < -0.4 is 15.8 Å². The summed E-state index contributed by atoms with van der Waals surface area (Å²) in [7, 11) is 0. The molecule has 0 saturated heterocycles. The Morgan fingerprint density at radius 2 is 2.19 bits per heavy atom. The Kier molecular flexibility index (Phi) is 4.69. The number of anilines is 1. The highest BCUT2D eigenvalue weighted by molar-refractivity contribution is 7.17. The highest BCUT2D eigenvalue weighted by Gasteiger charge is 2.15. The summed E-state index contributed by atoms with van der Waals surface area (Å²) in [5.74, 6) is -0.318. The monoisotopic (exact) mass is 313 g/mol. The lowest BCUT2D eigenvalue weighted by Gasteiger charge is -2.11. The summed E-state index contributed by atoms with van der Waals surface area (Å²) in [5.41, 5.74) is 6.52. The smallest absolute Gasteiger partial charge is 0.387 e. The Morgan fingerprint density at radius 3 is 2.81 bits per heavy atom. The van der Waals surface area contributed by atoms with E-state index in [1.807, 2.05) is 0 Å². The average molecular weight is 313 g/mol. The van der Waals surface area contributed by atoms with E-state index in [4.69, 9.17) is 5.73 Å². The van der Waals surface area contributed by atoms with Crippen molar-refractivity contribution in [3.63, 3.8) is 0 Å². The van der Waals surface area contributed by atoms with Crippen molar-refractivity contribution in [3.8, 4) is 5.75 Å². The van der Waals surface area contributed by atoms with Crippen molar-refractivity contribution in [1.29, 1.82) is 0 Å². The van der Waals surface area contributed by atoms with Gasteiger partial charge in [-0.25, -0.2) is 4.98 Å². The molecule has 0 aliphatic carbocycles. The SMILES string of the molecule is Cc1nc(N)sc1C(=O)NCc1ccccc1OC(F)F. The molecule has 2 aromatic rings. The number of aromatic nitrogens is 1. The van der Waals surface area contributed by atoms with Crippen LogP contribution in [-0.4, -0.2) is 17.5 Å². The first kappa shape index (κ1) is 15.2. The molecule has 0 spiro atoms. The molecule has 1 heterocycles. The predicted molar refractivity (Wildman–Crippen MR) is 75.5 cm³/mol. The highest BCUT2D eigenvalue weighted by atomic mass is 32.1. The van der Waals surface area contributed by atoms with Gasteiger partial charge in [-0.05, 0) is 13.0 Å². The molecular weight excluding hydrogens is 300 g/mol. The maximum Gasteiger partial charge on any atom is 0.387 e. The number of alkyl halides is 2. The minimum atomic E-state index is -2.91. The zero-order valence-corrected chi connectivity index (χ0v) is 11.9. The first-order valence-corrected chi connectivity index (χ1v) is 6.83. The van der Waals surface area contributed by atoms with Gasteiger partial charge in [0.1, 0.15) is 10.6 Å². The van der Waals surface area contributed by atoms with Gasteiger partial charge in [0.05, 0.1) is 5.69 Å². The Labute approximate surface area is 123 Å². The molecule has 1 amide bonds. The summed E-state index contributed by atoms with van der Waals surface area (Å²) in [6.45, 7) is -1.17. The second-order valence-electron chi connectivity index (χ2n) is 4.14. The molecule has 0 fully saturated rings. The third-order valence-corrected chi connectivity index (χ3v) is 3.63. The van der Waals surface area contributed by atoms with Gasteiger partial charge in [-0.3, -0.25) is 4.79 Å². The molecule has 3 N–H and O–H groups in total. The number of nitrogen functional groups attached to an aromatic ring is 1. The summed E-state index contributed by atoms with van der Waals surface area (Å²) in [4.78, 5) is 16.4. The molecule has 0 unspecified atom stereocenters. The van der Waals surface area contributed by atoms with E-state index in [0.717, 1.165) is 11.3 Å². The number of carbonyl (C=O) groups is 1. The van der Waals surface area contributed by atoms with Crippen LogP contribution in [0.15, 0.2) is 24.3 Å². The van der Waals surface area contributed by atoms with E-state index in [-0.39, 0.29) is 18.2 Å². The summed E-state index contributed by atoms with van der Waals surface area (Å²) in [6.07, 6.45) is 0. The van der Waals surface area contributed by atoms with E-state index in [1.54, 1.807) is 25.1 Å².